The first-order valence-corrected chi connectivity index (χ1v) is 7.64. The van der Waals surface area contributed by atoms with Crippen LogP contribution in [-0.2, 0) is 0 Å². The van der Waals surface area contributed by atoms with Crippen LogP contribution >= 0.6 is 23.1 Å². The molecule has 0 fully saturated rings. The van der Waals surface area contributed by atoms with Crippen LogP contribution in [0.15, 0.2) is 32.5 Å². The zero-order valence-electron chi connectivity index (χ0n) is 11.2. The predicted molar refractivity (Wildman–Crippen MR) is 87.7 cm³/mol. The highest BCUT2D eigenvalue weighted by Gasteiger charge is 2.07. The Labute approximate surface area is 125 Å². The van der Waals surface area contributed by atoms with Crippen molar-refractivity contribution in [3.63, 3.8) is 0 Å². The molecule has 0 atom stereocenters. The van der Waals surface area contributed by atoms with E-state index < -0.39 is 0 Å². The van der Waals surface area contributed by atoms with E-state index in [1.807, 2.05) is 18.2 Å². The van der Waals surface area contributed by atoms with E-state index in [4.69, 9.17) is 17.2 Å². The van der Waals surface area contributed by atoms with Crippen LogP contribution < -0.4 is 17.2 Å². The van der Waals surface area contributed by atoms with Crippen molar-refractivity contribution in [2.45, 2.75) is 23.4 Å². The number of guanidine groups is 2. The molecule has 0 bridgehead atoms. The van der Waals surface area contributed by atoms with Crippen molar-refractivity contribution in [1.82, 2.24) is 4.98 Å². The molecule has 1 heterocycles. The molecule has 0 unspecified atom stereocenters. The standard InChI is InChI=1S/C12H16N6S2/c1-6(2)19-12-17-8-4-3-7(5-9(8)20-12)16-11(15)18-10(13)14/h3-6H,1-2H3,(H6,13,14,15,16,18). The van der Waals surface area contributed by atoms with Gasteiger partial charge in [-0.25, -0.2) is 9.98 Å². The molecule has 1 aromatic carbocycles. The number of aromatic nitrogens is 1. The third-order valence-corrected chi connectivity index (χ3v) is 4.29. The Balaban J connectivity index is 2.31. The highest BCUT2D eigenvalue weighted by molar-refractivity contribution is 8.01. The Morgan fingerprint density at radius 2 is 2.05 bits per heavy atom. The molecule has 0 aliphatic heterocycles. The molecule has 6 N–H and O–H groups in total. The summed E-state index contributed by atoms with van der Waals surface area (Å²) in [4.78, 5) is 12.4. The number of aliphatic imine (C=N–C) groups is 2. The van der Waals surface area contributed by atoms with Crippen LogP contribution in [0.4, 0.5) is 5.69 Å². The molecule has 0 saturated carbocycles. The molecule has 0 radical (unpaired) electrons. The number of hydrogen-bond donors (Lipinski definition) is 3. The molecule has 2 rings (SSSR count). The maximum Gasteiger partial charge on any atom is 0.223 e. The van der Waals surface area contributed by atoms with Crippen LogP contribution in [0.3, 0.4) is 0 Å². The molecule has 8 heteroatoms. The van der Waals surface area contributed by atoms with Crippen molar-refractivity contribution < 1.29 is 0 Å². The second-order valence-electron chi connectivity index (χ2n) is 4.31. The van der Waals surface area contributed by atoms with E-state index in [9.17, 15) is 0 Å². The molecular weight excluding hydrogens is 292 g/mol. The van der Waals surface area contributed by atoms with Gasteiger partial charge < -0.3 is 17.2 Å². The average Bonchev–Trinajstić information content (AvgIpc) is 2.67. The average molecular weight is 308 g/mol. The van der Waals surface area contributed by atoms with Gasteiger partial charge in [0.2, 0.25) is 5.96 Å². The Hall–Kier alpha value is -1.80. The monoisotopic (exact) mass is 308 g/mol. The summed E-state index contributed by atoms with van der Waals surface area (Å²) >= 11 is 3.38. The molecule has 2 aromatic rings. The van der Waals surface area contributed by atoms with Gasteiger partial charge in [0.05, 0.1) is 15.9 Å². The van der Waals surface area contributed by atoms with Crippen LogP contribution in [0.25, 0.3) is 10.2 Å². The lowest BCUT2D eigenvalue weighted by Crippen LogP contribution is -2.26. The van der Waals surface area contributed by atoms with Gasteiger partial charge in [0, 0.05) is 5.25 Å². The smallest absolute Gasteiger partial charge is 0.223 e. The van der Waals surface area contributed by atoms with E-state index in [-0.39, 0.29) is 11.9 Å². The first-order valence-electron chi connectivity index (χ1n) is 5.95. The summed E-state index contributed by atoms with van der Waals surface area (Å²) in [5.41, 5.74) is 17.7. The van der Waals surface area contributed by atoms with Crippen LogP contribution in [0.5, 0.6) is 0 Å². The Morgan fingerprint density at radius 3 is 2.70 bits per heavy atom. The Morgan fingerprint density at radius 1 is 1.30 bits per heavy atom. The minimum Gasteiger partial charge on any atom is -0.370 e. The number of nitrogens with zero attached hydrogens (tertiary/aromatic N) is 3. The first-order chi connectivity index (χ1) is 9.44. The van der Waals surface area contributed by atoms with Gasteiger partial charge in [-0.2, -0.15) is 4.99 Å². The topological polar surface area (TPSA) is 116 Å². The summed E-state index contributed by atoms with van der Waals surface area (Å²) in [5.74, 6) is -0.0774. The van der Waals surface area contributed by atoms with Gasteiger partial charge in [0.15, 0.2) is 10.3 Å². The number of benzene rings is 1. The summed E-state index contributed by atoms with van der Waals surface area (Å²) in [6.07, 6.45) is 0. The molecular formula is C12H16N6S2. The van der Waals surface area contributed by atoms with Gasteiger partial charge in [-0.1, -0.05) is 25.6 Å². The molecule has 0 spiro atoms. The zero-order chi connectivity index (χ0) is 14.7. The van der Waals surface area contributed by atoms with Crippen LogP contribution in [0.1, 0.15) is 13.8 Å². The van der Waals surface area contributed by atoms with Gasteiger partial charge >= 0.3 is 0 Å². The summed E-state index contributed by atoms with van der Waals surface area (Å²) in [6, 6.07) is 5.67. The highest BCUT2D eigenvalue weighted by Crippen LogP contribution is 2.33. The Kier molecular flexibility index (Phi) is 4.46. The third-order valence-electron chi connectivity index (χ3n) is 2.18. The van der Waals surface area contributed by atoms with E-state index in [1.165, 1.54) is 0 Å². The number of nitrogens with two attached hydrogens (primary N) is 3. The van der Waals surface area contributed by atoms with Gasteiger partial charge in [-0.15, -0.1) is 11.3 Å². The summed E-state index contributed by atoms with van der Waals surface area (Å²) in [6.45, 7) is 4.28. The van der Waals surface area contributed by atoms with Crippen molar-refractivity contribution in [2.75, 3.05) is 0 Å². The predicted octanol–water partition coefficient (Wildman–Crippen LogP) is 2.02. The molecule has 0 aliphatic rings. The molecule has 20 heavy (non-hydrogen) atoms. The third kappa shape index (κ3) is 3.84. The SMILES string of the molecule is CC(C)Sc1nc2ccc(N=C(N)N=C(N)N)cc2s1. The molecule has 0 aliphatic carbocycles. The number of thiazole rings is 1. The summed E-state index contributed by atoms with van der Waals surface area (Å²) in [7, 11) is 0. The highest BCUT2D eigenvalue weighted by atomic mass is 32.2. The zero-order valence-corrected chi connectivity index (χ0v) is 12.8. The van der Waals surface area contributed by atoms with Gasteiger partial charge in [0.25, 0.3) is 0 Å². The first kappa shape index (κ1) is 14.6. The van der Waals surface area contributed by atoms with Crippen LogP contribution in [0.2, 0.25) is 0 Å². The number of rotatable bonds is 3. The van der Waals surface area contributed by atoms with E-state index in [2.05, 4.69) is 28.8 Å². The minimum absolute atomic E-state index is 0.0330. The van der Waals surface area contributed by atoms with E-state index in [0.29, 0.717) is 10.9 Å². The fourth-order valence-corrected chi connectivity index (χ4v) is 3.83. The minimum atomic E-state index is -0.110. The molecule has 106 valence electrons. The quantitative estimate of drug-likeness (QED) is 0.456. The van der Waals surface area contributed by atoms with Crippen LogP contribution in [0, 0.1) is 0 Å². The maximum absolute atomic E-state index is 5.61. The number of fused-ring (bicyclic) bond motifs is 1. The fourth-order valence-electron chi connectivity index (χ4n) is 1.50. The van der Waals surface area contributed by atoms with Gasteiger partial charge in [-0.3, -0.25) is 0 Å². The van der Waals surface area contributed by atoms with Crippen LogP contribution in [-0.4, -0.2) is 22.2 Å². The van der Waals surface area contributed by atoms with Crippen molar-refractivity contribution in [1.29, 1.82) is 0 Å². The van der Waals surface area contributed by atoms with Crippen molar-refractivity contribution >= 4 is 50.9 Å². The molecule has 1 aromatic heterocycles. The van der Waals surface area contributed by atoms with E-state index in [0.717, 1.165) is 14.6 Å². The number of hydrogen-bond acceptors (Lipinski definition) is 4. The second kappa shape index (κ2) is 6.10. The Bertz CT molecular complexity index is 670. The molecule has 0 amide bonds. The molecule has 6 nitrogen and oxygen atoms in total. The largest absolute Gasteiger partial charge is 0.370 e. The van der Waals surface area contributed by atoms with E-state index >= 15 is 0 Å². The summed E-state index contributed by atoms with van der Waals surface area (Å²) in [5, 5.41) is 0.505. The van der Waals surface area contributed by atoms with Crippen molar-refractivity contribution in [3.8, 4) is 0 Å². The van der Waals surface area contributed by atoms with Crippen molar-refractivity contribution in [3.05, 3.63) is 18.2 Å². The fraction of sp³-hybridized carbons (Fsp3) is 0.250. The lowest BCUT2D eigenvalue weighted by molar-refractivity contribution is 1.10. The van der Waals surface area contributed by atoms with Crippen molar-refractivity contribution in [2.24, 2.45) is 27.2 Å². The van der Waals surface area contributed by atoms with Gasteiger partial charge in [-0.05, 0) is 18.2 Å². The lowest BCUT2D eigenvalue weighted by Gasteiger charge is -1.97. The second-order valence-corrected chi connectivity index (χ2v) is 7.16. The number of thioether (sulfide) groups is 1. The lowest BCUT2D eigenvalue weighted by atomic mass is 10.3. The van der Waals surface area contributed by atoms with E-state index in [1.54, 1.807) is 23.1 Å². The normalized spacial score (nSPS) is 12.1. The van der Waals surface area contributed by atoms with Gasteiger partial charge in [0.1, 0.15) is 0 Å². The molecule has 0 saturated heterocycles. The summed E-state index contributed by atoms with van der Waals surface area (Å²) < 4.78 is 2.11. The maximum atomic E-state index is 5.61.